The number of carbonyl (C=O) groups is 1. The van der Waals surface area contributed by atoms with E-state index in [0.29, 0.717) is 16.5 Å². The number of Topliss-reactive ketones (excluding diaryl/α,β-unsaturated/α-hetero) is 1. The van der Waals surface area contributed by atoms with Crippen molar-refractivity contribution in [3.63, 3.8) is 0 Å². The van der Waals surface area contributed by atoms with Crippen molar-refractivity contribution in [3.8, 4) is 5.75 Å². The Morgan fingerprint density at radius 2 is 2.00 bits per heavy atom. The first-order valence-corrected chi connectivity index (χ1v) is 4.75. The Balaban J connectivity index is 2.95. The summed E-state index contributed by atoms with van der Waals surface area (Å²) in [5.41, 5.74) is 1.88. The van der Waals surface area contributed by atoms with Gasteiger partial charge in [0.15, 0.2) is 5.78 Å². The van der Waals surface area contributed by atoms with E-state index in [1.165, 1.54) is 13.0 Å². The Labute approximate surface area is 87.3 Å². The van der Waals surface area contributed by atoms with Crippen LogP contribution >= 0.6 is 0 Å². The molecule has 2 aromatic rings. The Morgan fingerprint density at radius 1 is 1.33 bits per heavy atom. The molecule has 0 saturated carbocycles. The molecule has 1 N–H and O–H groups in total. The number of aryl methyl sites for hydroxylation is 2. The van der Waals surface area contributed by atoms with E-state index in [-0.39, 0.29) is 11.5 Å². The monoisotopic (exact) mass is 204 g/mol. The molecule has 0 bridgehead atoms. The Hall–Kier alpha value is -1.77. The number of rotatable bonds is 1. The van der Waals surface area contributed by atoms with Gasteiger partial charge in [-0.3, -0.25) is 4.79 Å². The first-order valence-electron chi connectivity index (χ1n) is 4.75. The lowest BCUT2D eigenvalue weighted by Gasteiger charge is -1.99. The second-order valence-electron chi connectivity index (χ2n) is 3.68. The molecule has 0 atom stereocenters. The van der Waals surface area contributed by atoms with Gasteiger partial charge < -0.3 is 9.52 Å². The lowest BCUT2D eigenvalue weighted by molar-refractivity contribution is 0.101. The number of hydrogen-bond donors (Lipinski definition) is 1. The van der Waals surface area contributed by atoms with Crippen LogP contribution < -0.4 is 0 Å². The summed E-state index contributed by atoms with van der Waals surface area (Å²) in [6.07, 6.45) is 0. The summed E-state index contributed by atoms with van der Waals surface area (Å²) < 4.78 is 5.49. The third-order valence-corrected chi connectivity index (χ3v) is 2.67. The van der Waals surface area contributed by atoms with E-state index in [9.17, 15) is 9.90 Å². The predicted molar refractivity (Wildman–Crippen MR) is 57.4 cm³/mol. The maximum absolute atomic E-state index is 11.3. The molecule has 3 nitrogen and oxygen atoms in total. The molecule has 78 valence electrons. The van der Waals surface area contributed by atoms with E-state index in [1.807, 2.05) is 13.8 Å². The van der Waals surface area contributed by atoms with Crippen molar-refractivity contribution in [1.82, 2.24) is 0 Å². The number of benzene rings is 1. The van der Waals surface area contributed by atoms with Crippen LogP contribution in [0.15, 0.2) is 16.5 Å². The van der Waals surface area contributed by atoms with Gasteiger partial charge in [-0.25, -0.2) is 0 Å². The van der Waals surface area contributed by atoms with E-state index < -0.39 is 0 Å². The number of aromatic hydroxyl groups is 1. The van der Waals surface area contributed by atoms with Crippen molar-refractivity contribution >= 4 is 16.8 Å². The van der Waals surface area contributed by atoms with E-state index in [0.717, 1.165) is 11.3 Å². The molecule has 15 heavy (non-hydrogen) atoms. The molecule has 1 aromatic carbocycles. The highest BCUT2D eigenvalue weighted by Crippen LogP contribution is 2.34. The fraction of sp³-hybridized carbons (Fsp3) is 0.250. The lowest BCUT2D eigenvalue weighted by atomic mass is 10.1. The van der Waals surface area contributed by atoms with Gasteiger partial charge in [0.25, 0.3) is 0 Å². The summed E-state index contributed by atoms with van der Waals surface area (Å²) in [6, 6.07) is 3.11. The summed E-state index contributed by atoms with van der Waals surface area (Å²) >= 11 is 0. The summed E-state index contributed by atoms with van der Waals surface area (Å²) in [7, 11) is 0. The highest BCUT2D eigenvalue weighted by molar-refractivity contribution is 6.07. The van der Waals surface area contributed by atoms with Crippen molar-refractivity contribution in [2.75, 3.05) is 0 Å². The highest BCUT2D eigenvalue weighted by Gasteiger charge is 2.16. The van der Waals surface area contributed by atoms with Crippen LogP contribution in [0.1, 0.15) is 28.6 Å². The molecular formula is C12H12O3. The first kappa shape index (κ1) is 9.77. The molecule has 0 spiro atoms. The molecule has 3 heteroatoms. The average molecular weight is 204 g/mol. The van der Waals surface area contributed by atoms with Crippen LogP contribution in [0.2, 0.25) is 0 Å². The van der Waals surface area contributed by atoms with Crippen LogP contribution in [0.25, 0.3) is 11.0 Å². The summed E-state index contributed by atoms with van der Waals surface area (Å²) in [6.45, 7) is 5.17. The molecule has 0 fully saturated rings. The van der Waals surface area contributed by atoms with Crippen molar-refractivity contribution in [2.45, 2.75) is 20.8 Å². The van der Waals surface area contributed by atoms with Crippen LogP contribution in [0.3, 0.4) is 0 Å². The van der Waals surface area contributed by atoms with Crippen molar-refractivity contribution in [2.24, 2.45) is 0 Å². The quantitative estimate of drug-likeness (QED) is 0.726. The van der Waals surface area contributed by atoms with Gasteiger partial charge in [-0.2, -0.15) is 0 Å². The zero-order valence-electron chi connectivity index (χ0n) is 8.92. The van der Waals surface area contributed by atoms with E-state index in [1.54, 1.807) is 6.07 Å². The fourth-order valence-corrected chi connectivity index (χ4v) is 1.72. The number of hydrogen-bond acceptors (Lipinski definition) is 3. The maximum Gasteiger partial charge on any atom is 0.163 e. The van der Waals surface area contributed by atoms with Gasteiger partial charge >= 0.3 is 0 Å². The molecule has 1 aromatic heterocycles. The van der Waals surface area contributed by atoms with Gasteiger partial charge in [-0.05, 0) is 32.9 Å². The van der Waals surface area contributed by atoms with Gasteiger partial charge in [-0.1, -0.05) is 0 Å². The predicted octanol–water partition coefficient (Wildman–Crippen LogP) is 2.96. The minimum atomic E-state index is -0.0613. The fourth-order valence-electron chi connectivity index (χ4n) is 1.72. The largest absolute Gasteiger partial charge is 0.507 e. The van der Waals surface area contributed by atoms with Crippen LogP contribution in [0.5, 0.6) is 5.75 Å². The van der Waals surface area contributed by atoms with E-state index in [2.05, 4.69) is 0 Å². The second-order valence-corrected chi connectivity index (χ2v) is 3.68. The molecule has 2 rings (SSSR count). The minimum absolute atomic E-state index is 0.0613. The Bertz CT molecular complexity index is 549. The molecule has 0 radical (unpaired) electrons. The van der Waals surface area contributed by atoms with Crippen LogP contribution in [0.4, 0.5) is 0 Å². The van der Waals surface area contributed by atoms with Gasteiger partial charge in [0.05, 0.1) is 10.9 Å². The molecule has 0 aliphatic carbocycles. The molecule has 0 saturated heterocycles. The van der Waals surface area contributed by atoms with Gasteiger partial charge in [0.1, 0.15) is 17.1 Å². The number of phenolic OH excluding ortho intramolecular Hbond substituents is 1. The third-order valence-electron chi connectivity index (χ3n) is 2.67. The molecular weight excluding hydrogens is 192 g/mol. The first-order chi connectivity index (χ1) is 7.02. The number of carbonyl (C=O) groups excluding carboxylic acids is 1. The molecule has 0 unspecified atom stereocenters. The van der Waals surface area contributed by atoms with Crippen LogP contribution in [-0.4, -0.2) is 10.9 Å². The van der Waals surface area contributed by atoms with Crippen molar-refractivity contribution < 1.29 is 14.3 Å². The normalized spacial score (nSPS) is 10.9. The highest BCUT2D eigenvalue weighted by atomic mass is 16.3. The molecule has 0 amide bonds. The van der Waals surface area contributed by atoms with E-state index in [4.69, 9.17) is 4.42 Å². The lowest BCUT2D eigenvalue weighted by Crippen LogP contribution is -1.91. The smallest absolute Gasteiger partial charge is 0.163 e. The Kier molecular flexibility index (Phi) is 2.03. The maximum atomic E-state index is 11.3. The van der Waals surface area contributed by atoms with Crippen molar-refractivity contribution in [1.29, 1.82) is 0 Å². The summed E-state index contributed by atoms with van der Waals surface area (Å²) in [5.74, 6) is 0.826. The zero-order valence-corrected chi connectivity index (χ0v) is 8.92. The number of ketones is 1. The van der Waals surface area contributed by atoms with Gasteiger partial charge in [0.2, 0.25) is 0 Å². The minimum Gasteiger partial charge on any atom is -0.507 e. The number of furan rings is 1. The summed E-state index contributed by atoms with van der Waals surface area (Å²) in [5, 5.41) is 10.3. The molecule has 0 aliphatic rings. The average Bonchev–Trinajstić information content (AvgIpc) is 2.44. The molecule has 1 heterocycles. The van der Waals surface area contributed by atoms with E-state index >= 15 is 0 Å². The zero-order chi connectivity index (χ0) is 11.2. The standard InChI is InChI=1S/C12H12O3/c1-6-8(3)15-12-9(7(2)13)4-5-10(14)11(6)12/h4-5,14H,1-3H3. The van der Waals surface area contributed by atoms with Crippen molar-refractivity contribution in [3.05, 3.63) is 29.0 Å². The van der Waals surface area contributed by atoms with Crippen LogP contribution in [-0.2, 0) is 0 Å². The Morgan fingerprint density at radius 3 is 2.60 bits per heavy atom. The summed E-state index contributed by atoms with van der Waals surface area (Å²) in [4.78, 5) is 11.3. The number of phenols is 1. The molecule has 0 aliphatic heterocycles. The second kappa shape index (κ2) is 3.12. The SMILES string of the molecule is CC(=O)c1ccc(O)c2c(C)c(C)oc12. The van der Waals surface area contributed by atoms with Crippen LogP contribution in [0, 0.1) is 13.8 Å². The van der Waals surface area contributed by atoms with Gasteiger partial charge in [0, 0.05) is 5.56 Å². The van der Waals surface area contributed by atoms with Gasteiger partial charge in [-0.15, -0.1) is 0 Å². The number of fused-ring (bicyclic) bond motifs is 1. The third kappa shape index (κ3) is 1.31. The topological polar surface area (TPSA) is 50.4 Å².